The van der Waals surface area contributed by atoms with Gasteiger partial charge in [-0.3, -0.25) is 9.59 Å². The predicted molar refractivity (Wildman–Crippen MR) is 68.1 cm³/mol. The Morgan fingerprint density at radius 1 is 1.16 bits per heavy atom. The minimum absolute atomic E-state index is 0.0711. The fraction of sp³-hybridized carbons (Fsp3) is 0.333. The van der Waals surface area contributed by atoms with Crippen LogP contribution in [0.15, 0.2) is 35.4 Å². The van der Waals surface area contributed by atoms with Crippen LogP contribution in [0.2, 0.25) is 0 Å². The second kappa shape index (κ2) is 4.72. The first-order valence-corrected chi connectivity index (χ1v) is 6.36. The van der Waals surface area contributed by atoms with E-state index in [2.05, 4.69) is 0 Å². The number of fused-ring (bicyclic) bond motifs is 1. The summed E-state index contributed by atoms with van der Waals surface area (Å²) in [6.45, 7) is 2.54. The molecular weight excluding hydrogens is 244 g/mol. The third-order valence-electron chi connectivity index (χ3n) is 3.47. The summed E-state index contributed by atoms with van der Waals surface area (Å²) in [5.74, 6) is -0.168. The van der Waals surface area contributed by atoms with Gasteiger partial charge in [0, 0.05) is 35.3 Å². The van der Waals surface area contributed by atoms with Gasteiger partial charge in [0.1, 0.15) is 0 Å². The quantitative estimate of drug-likeness (QED) is 0.815. The van der Waals surface area contributed by atoms with Crippen LogP contribution in [0.1, 0.15) is 34.1 Å². The molecule has 19 heavy (non-hydrogen) atoms. The zero-order chi connectivity index (χ0) is 13.4. The molecule has 1 atom stereocenters. The van der Waals surface area contributed by atoms with Gasteiger partial charge in [-0.05, 0) is 6.92 Å². The fourth-order valence-corrected chi connectivity index (χ4v) is 2.54. The maximum Gasteiger partial charge on any atom is 0.192 e. The molecule has 0 radical (unpaired) electrons. The van der Waals surface area contributed by atoms with Crippen molar-refractivity contribution in [1.29, 1.82) is 0 Å². The van der Waals surface area contributed by atoms with Crippen molar-refractivity contribution in [1.82, 2.24) is 0 Å². The van der Waals surface area contributed by atoms with E-state index in [-0.39, 0.29) is 18.2 Å². The molecule has 0 N–H and O–H groups in total. The van der Waals surface area contributed by atoms with Gasteiger partial charge in [-0.15, -0.1) is 0 Å². The molecule has 1 aliphatic heterocycles. The lowest BCUT2D eigenvalue weighted by Gasteiger charge is -2.29. The Morgan fingerprint density at radius 2 is 1.79 bits per heavy atom. The Hall–Kier alpha value is -1.78. The van der Waals surface area contributed by atoms with Crippen LogP contribution in [0.3, 0.4) is 0 Å². The minimum atomic E-state index is -0.425. The van der Waals surface area contributed by atoms with Crippen LogP contribution in [0, 0.1) is 0 Å². The minimum Gasteiger partial charge on any atom is -0.353 e. The van der Waals surface area contributed by atoms with E-state index in [0.717, 1.165) is 0 Å². The van der Waals surface area contributed by atoms with Crippen LogP contribution in [0.4, 0.5) is 0 Å². The summed E-state index contributed by atoms with van der Waals surface area (Å²) in [7, 11) is 0. The molecule has 4 heteroatoms. The monoisotopic (exact) mass is 258 g/mol. The highest BCUT2D eigenvalue weighted by atomic mass is 16.7. The van der Waals surface area contributed by atoms with Crippen LogP contribution >= 0.6 is 0 Å². The Bertz CT molecular complexity index is 586. The molecule has 0 aromatic heterocycles. The van der Waals surface area contributed by atoms with E-state index in [1.807, 2.05) is 6.92 Å². The number of hydrogen-bond acceptors (Lipinski definition) is 4. The smallest absolute Gasteiger partial charge is 0.192 e. The zero-order valence-corrected chi connectivity index (χ0v) is 10.6. The number of hydrogen-bond donors (Lipinski definition) is 0. The lowest BCUT2D eigenvalue weighted by Crippen LogP contribution is -2.33. The van der Waals surface area contributed by atoms with Gasteiger partial charge in [0.05, 0.1) is 6.61 Å². The van der Waals surface area contributed by atoms with Crippen molar-refractivity contribution in [3.05, 3.63) is 46.5 Å². The largest absolute Gasteiger partial charge is 0.353 e. The van der Waals surface area contributed by atoms with Crippen LogP contribution in [-0.2, 0) is 9.47 Å². The number of Topliss-reactive ketones (excluding diaryl/α,β-unsaturated/α-hetero) is 2. The van der Waals surface area contributed by atoms with E-state index >= 15 is 0 Å². The van der Waals surface area contributed by atoms with Crippen molar-refractivity contribution in [3.63, 3.8) is 0 Å². The summed E-state index contributed by atoms with van der Waals surface area (Å²) < 4.78 is 10.9. The third-order valence-corrected chi connectivity index (χ3v) is 3.47. The number of benzene rings is 1. The van der Waals surface area contributed by atoms with Crippen molar-refractivity contribution in [2.24, 2.45) is 0 Å². The highest BCUT2D eigenvalue weighted by Gasteiger charge is 2.36. The Labute approximate surface area is 111 Å². The van der Waals surface area contributed by atoms with Gasteiger partial charge >= 0.3 is 0 Å². The average molecular weight is 258 g/mol. The van der Waals surface area contributed by atoms with Crippen molar-refractivity contribution >= 4 is 11.6 Å². The number of carbonyl (C=O) groups is 2. The van der Waals surface area contributed by atoms with Gasteiger partial charge in [0.25, 0.3) is 0 Å². The number of ketones is 2. The van der Waals surface area contributed by atoms with Crippen molar-refractivity contribution < 1.29 is 19.1 Å². The SMILES string of the molecule is CCO[C@@H]1CC2=C(CO1)C(=O)c1ccccc1C2=O. The van der Waals surface area contributed by atoms with Gasteiger partial charge in [-0.2, -0.15) is 0 Å². The van der Waals surface area contributed by atoms with Gasteiger partial charge < -0.3 is 9.47 Å². The first-order chi connectivity index (χ1) is 9.22. The van der Waals surface area contributed by atoms with Crippen LogP contribution in [0.25, 0.3) is 0 Å². The highest BCUT2D eigenvalue weighted by Crippen LogP contribution is 2.32. The molecule has 0 spiro atoms. The van der Waals surface area contributed by atoms with Crippen LogP contribution < -0.4 is 0 Å². The van der Waals surface area contributed by atoms with E-state index in [1.54, 1.807) is 24.3 Å². The van der Waals surface area contributed by atoms with E-state index in [1.165, 1.54) is 0 Å². The second-order valence-corrected chi connectivity index (χ2v) is 4.56. The Balaban J connectivity index is 2.01. The standard InChI is InChI=1S/C15H14O4/c1-2-18-13-7-11-12(8-19-13)15(17)10-6-4-3-5-9(10)14(11)16/h3-6,13H,2,7-8H2,1H3/t13-/m0/s1. The molecule has 1 aromatic carbocycles. The first-order valence-electron chi connectivity index (χ1n) is 6.36. The van der Waals surface area contributed by atoms with Gasteiger partial charge in [-0.25, -0.2) is 0 Å². The van der Waals surface area contributed by atoms with E-state index in [4.69, 9.17) is 9.47 Å². The number of ether oxygens (including phenoxy) is 2. The Morgan fingerprint density at radius 3 is 2.42 bits per heavy atom. The molecular formula is C15H14O4. The topological polar surface area (TPSA) is 52.6 Å². The van der Waals surface area contributed by atoms with Gasteiger partial charge in [-0.1, -0.05) is 24.3 Å². The molecule has 2 aliphatic rings. The normalized spacial score (nSPS) is 22.3. The summed E-state index contributed by atoms with van der Waals surface area (Å²) in [6.07, 6.45) is -0.0759. The summed E-state index contributed by atoms with van der Waals surface area (Å²) in [4.78, 5) is 24.8. The lowest BCUT2D eigenvalue weighted by atomic mass is 9.82. The summed E-state index contributed by atoms with van der Waals surface area (Å²) in [6, 6.07) is 6.93. The summed E-state index contributed by atoms with van der Waals surface area (Å²) in [5, 5.41) is 0. The van der Waals surface area contributed by atoms with Crippen molar-refractivity contribution in [2.75, 3.05) is 13.2 Å². The number of carbonyl (C=O) groups excluding carboxylic acids is 2. The lowest BCUT2D eigenvalue weighted by molar-refractivity contribution is -0.136. The molecule has 0 fully saturated rings. The molecule has 1 aromatic rings. The van der Waals surface area contributed by atoms with E-state index in [9.17, 15) is 9.59 Å². The number of rotatable bonds is 2. The molecule has 3 rings (SSSR count). The highest BCUT2D eigenvalue weighted by molar-refractivity contribution is 6.27. The van der Waals surface area contributed by atoms with E-state index in [0.29, 0.717) is 35.3 Å². The summed E-state index contributed by atoms with van der Waals surface area (Å²) in [5.41, 5.74) is 2.00. The maximum absolute atomic E-state index is 12.4. The fourth-order valence-electron chi connectivity index (χ4n) is 2.54. The molecule has 0 saturated heterocycles. The second-order valence-electron chi connectivity index (χ2n) is 4.56. The molecule has 0 amide bonds. The van der Waals surface area contributed by atoms with Crippen molar-refractivity contribution in [3.8, 4) is 0 Å². The molecule has 98 valence electrons. The van der Waals surface area contributed by atoms with Crippen LogP contribution in [-0.4, -0.2) is 31.1 Å². The molecule has 1 heterocycles. The Kier molecular flexibility index (Phi) is 3.05. The average Bonchev–Trinajstić information content (AvgIpc) is 2.45. The van der Waals surface area contributed by atoms with Crippen molar-refractivity contribution in [2.45, 2.75) is 19.6 Å². The molecule has 1 aliphatic carbocycles. The summed E-state index contributed by atoms with van der Waals surface area (Å²) >= 11 is 0. The maximum atomic E-state index is 12.4. The van der Waals surface area contributed by atoms with Crippen LogP contribution in [0.5, 0.6) is 0 Å². The van der Waals surface area contributed by atoms with E-state index < -0.39 is 6.29 Å². The molecule has 0 saturated carbocycles. The molecule has 0 bridgehead atoms. The molecule has 0 unspecified atom stereocenters. The third kappa shape index (κ3) is 1.93. The molecule has 4 nitrogen and oxygen atoms in total. The van der Waals surface area contributed by atoms with Gasteiger partial charge in [0.15, 0.2) is 17.9 Å². The first kappa shape index (κ1) is 12.3. The van der Waals surface area contributed by atoms with Gasteiger partial charge in [0.2, 0.25) is 0 Å². The zero-order valence-electron chi connectivity index (χ0n) is 10.6. The predicted octanol–water partition coefficient (Wildman–Crippen LogP) is 2.15.